The van der Waals surface area contributed by atoms with Crippen molar-refractivity contribution < 1.29 is 0 Å². The van der Waals surface area contributed by atoms with E-state index < -0.39 is 0 Å². The average Bonchev–Trinajstić information content (AvgIpc) is 2.58. The standard InChI is InChI=1S/C10H10Cl2N4/c1-3-9-13-8(12)4-10(14-9)16-5-7(11)6(2)15-16/h4-5H,3H2,1-2H3. The lowest BCUT2D eigenvalue weighted by molar-refractivity contribution is 0.803. The second-order valence-electron chi connectivity index (χ2n) is 3.33. The van der Waals surface area contributed by atoms with Gasteiger partial charge < -0.3 is 0 Å². The zero-order valence-electron chi connectivity index (χ0n) is 8.91. The SMILES string of the molecule is CCc1nc(Cl)cc(-n2cc(Cl)c(C)n2)n1. The molecule has 0 saturated carbocycles. The molecule has 84 valence electrons. The number of halogens is 2. The van der Waals surface area contributed by atoms with Crippen LogP contribution in [0.4, 0.5) is 0 Å². The highest BCUT2D eigenvalue weighted by Gasteiger charge is 2.07. The summed E-state index contributed by atoms with van der Waals surface area (Å²) in [6, 6.07) is 1.66. The van der Waals surface area contributed by atoms with E-state index in [1.165, 1.54) is 0 Å². The Bertz CT molecular complexity index is 502. The fraction of sp³-hybridized carbons (Fsp3) is 0.300. The molecule has 2 aromatic rings. The molecular formula is C10H10Cl2N4. The molecule has 0 aliphatic carbocycles. The molecule has 0 amide bonds. The summed E-state index contributed by atoms with van der Waals surface area (Å²) in [6.07, 6.45) is 2.43. The lowest BCUT2D eigenvalue weighted by Gasteiger charge is -2.02. The smallest absolute Gasteiger partial charge is 0.158 e. The quantitative estimate of drug-likeness (QED) is 0.777. The minimum absolute atomic E-state index is 0.408. The van der Waals surface area contributed by atoms with Gasteiger partial charge in [0.2, 0.25) is 0 Å². The average molecular weight is 257 g/mol. The molecule has 0 aromatic carbocycles. The molecule has 2 aromatic heterocycles. The Morgan fingerprint density at radius 1 is 1.31 bits per heavy atom. The molecular weight excluding hydrogens is 247 g/mol. The molecule has 4 nitrogen and oxygen atoms in total. The largest absolute Gasteiger partial charge is 0.221 e. The van der Waals surface area contributed by atoms with Crippen molar-refractivity contribution in [1.82, 2.24) is 19.7 Å². The molecule has 2 rings (SSSR count). The van der Waals surface area contributed by atoms with Gasteiger partial charge in [-0.2, -0.15) is 5.10 Å². The molecule has 0 N–H and O–H groups in total. The van der Waals surface area contributed by atoms with E-state index in [0.717, 1.165) is 12.1 Å². The highest BCUT2D eigenvalue weighted by Crippen LogP contribution is 2.17. The summed E-state index contributed by atoms with van der Waals surface area (Å²) in [7, 11) is 0. The van der Waals surface area contributed by atoms with E-state index in [0.29, 0.717) is 21.8 Å². The maximum absolute atomic E-state index is 5.93. The molecule has 0 spiro atoms. The van der Waals surface area contributed by atoms with Crippen molar-refractivity contribution in [1.29, 1.82) is 0 Å². The van der Waals surface area contributed by atoms with Crippen molar-refractivity contribution in [3.05, 3.63) is 34.0 Å². The van der Waals surface area contributed by atoms with Gasteiger partial charge >= 0.3 is 0 Å². The van der Waals surface area contributed by atoms with Crippen LogP contribution in [0.3, 0.4) is 0 Å². The minimum atomic E-state index is 0.408. The molecule has 0 fully saturated rings. The molecule has 6 heteroatoms. The first-order valence-electron chi connectivity index (χ1n) is 4.85. The third-order valence-electron chi connectivity index (χ3n) is 2.12. The summed E-state index contributed by atoms with van der Waals surface area (Å²) in [5.74, 6) is 1.32. The topological polar surface area (TPSA) is 43.6 Å². The minimum Gasteiger partial charge on any atom is -0.221 e. The van der Waals surface area contributed by atoms with Gasteiger partial charge in [-0.25, -0.2) is 14.6 Å². The van der Waals surface area contributed by atoms with E-state index in [-0.39, 0.29) is 0 Å². The second kappa shape index (κ2) is 4.39. The van der Waals surface area contributed by atoms with Crippen LogP contribution in [0.25, 0.3) is 5.82 Å². The van der Waals surface area contributed by atoms with E-state index in [2.05, 4.69) is 15.1 Å². The molecule has 0 aliphatic heterocycles. The second-order valence-corrected chi connectivity index (χ2v) is 4.12. The summed E-state index contributed by atoms with van der Waals surface area (Å²) in [4.78, 5) is 8.41. The normalized spacial score (nSPS) is 10.8. The first-order chi connectivity index (χ1) is 7.60. The van der Waals surface area contributed by atoms with Gasteiger partial charge in [0, 0.05) is 12.5 Å². The lowest BCUT2D eigenvalue weighted by atomic mass is 10.4. The summed E-state index contributed by atoms with van der Waals surface area (Å²) < 4.78 is 1.60. The van der Waals surface area contributed by atoms with Gasteiger partial charge in [-0.1, -0.05) is 30.1 Å². The first kappa shape index (κ1) is 11.4. The third-order valence-corrected chi connectivity index (χ3v) is 2.68. The molecule has 0 radical (unpaired) electrons. The van der Waals surface area contributed by atoms with Crippen molar-refractivity contribution >= 4 is 23.2 Å². The number of hydrogen-bond acceptors (Lipinski definition) is 3. The Morgan fingerprint density at radius 2 is 2.06 bits per heavy atom. The molecule has 0 saturated heterocycles. The van der Waals surface area contributed by atoms with Crippen molar-refractivity contribution in [3.8, 4) is 5.82 Å². The number of hydrogen-bond donors (Lipinski definition) is 0. The van der Waals surface area contributed by atoms with Crippen LogP contribution < -0.4 is 0 Å². The molecule has 0 bridgehead atoms. The predicted molar refractivity (Wildman–Crippen MR) is 63.3 cm³/mol. The van der Waals surface area contributed by atoms with E-state index >= 15 is 0 Å². The van der Waals surface area contributed by atoms with Crippen LogP contribution in [0.2, 0.25) is 10.2 Å². The van der Waals surface area contributed by atoms with E-state index in [4.69, 9.17) is 23.2 Å². The van der Waals surface area contributed by atoms with Gasteiger partial charge in [0.05, 0.1) is 16.9 Å². The Balaban J connectivity index is 2.50. The van der Waals surface area contributed by atoms with Crippen LogP contribution in [-0.4, -0.2) is 19.7 Å². The number of nitrogens with zero attached hydrogens (tertiary/aromatic N) is 4. The Hall–Kier alpha value is -1.13. The van der Waals surface area contributed by atoms with Crippen molar-refractivity contribution in [2.75, 3.05) is 0 Å². The van der Waals surface area contributed by atoms with Gasteiger partial charge in [-0.05, 0) is 6.92 Å². The fourth-order valence-corrected chi connectivity index (χ4v) is 1.61. The Kier molecular flexibility index (Phi) is 3.12. The van der Waals surface area contributed by atoms with Crippen LogP contribution in [0.1, 0.15) is 18.4 Å². The summed E-state index contributed by atoms with van der Waals surface area (Å²) in [6.45, 7) is 3.80. The van der Waals surface area contributed by atoms with Gasteiger partial charge in [-0.3, -0.25) is 0 Å². The van der Waals surface area contributed by atoms with Gasteiger partial charge in [0.25, 0.3) is 0 Å². The maximum Gasteiger partial charge on any atom is 0.158 e. The Morgan fingerprint density at radius 3 is 2.62 bits per heavy atom. The molecule has 0 atom stereocenters. The highest BCUT2D eigenvalue weighted by molar-refractivity contribution is 6.31. The molecule has 16 heavy (non-hydrogen) atoms. The van der Waals surface area contributed by atoms with Crippen LogP contribution >= 0.6 is 23.2 Å². The molecule has 0 aliphatic rings. The van der Waals surface area contributed by atoms with Crippen LogP contribution in [0.5, 0.6) is 0 Å². The lowest BCUT2D eigenvalue weighted by Crippen LogP contribution is -2.03. The monoisotopic (exact) mass is 256 g/mol. The highest BCUT2D eigenvalue weighted by atomic mass is 35.5. The van der Waals surface area contributed by atoms with Crippen LogP contribution in [0, 0.1) is 6.92 Å². The van der Waals surface area contributed by atoms with Gasteiger partial charge in [0.1, 0.15) is 11.0 Å². The number of rotatable bonds is 2. The maximum atomic E-state index is 5.93. The summed E-state index contributed by atoms with van der Waals surface area (Å²) in [5.41, 5.74) is 0.759. The number of aryl methyl sites for hydroxylation is 2. The van der Waals surface area contributed by atoms with E-state index in [9.17, 15) is 0 Å². The van der Waals surface area contributed by atoms with Crippen molar-refractivity contribution in [2.24, 2.45) is 0 Å². The molecule has 0 unspecified atom stereocenters. The van der Waals surface area contributed by atoms with Gasteiger partial charge in [-0.15, -0.1) is 0 Å². The van der Waals surface area contributed by atoms with Crippen LogP contribution in [0.15, 0.2) is 12.3 Å². The van der Waals surface area contributed by atoms with Crippen molar-refractivity contribution in [3.63, 3.8) is 0 Å². The fourth-order valence-electron chi connectivity index (χ4n) is 1.28. The summed E-state index contributed by atoms with van der Waals surface area (Å²) in [5, 5.41) is 5.25. The first-order valence-corrected chi connectivity index (χ1v) is 5.61. The molecule has 2 heterocycles. The van der Waals surface area contributed by atoms with Crippen LogP contribution in [-0.2, 0) is 6.42 Å². The zero-order valence-corrected chi connectivity index (χ0v) is 10.4. The third kappa shape index (κ3) is 2.18. The Labute approximate surface area is 103 Å². The van der Waals surface area contributed by atoms with Crippen molar-refractivity contribution in [2.45, 2.75) is 20.3 Å². The predicted octanol–water partition coefficient (Wildman–Crippen LogP) is 2.84. The zero-order chi connectivity index (χ0) is 11.7. The van der Waals surface area contributed by atoms with E-state index in [1.54, 1.807) is 16.9 Å². The summed E-state index contributed by atoms with van der Waals surface area (Å²) >= 11 is 11.8. The van der Waals surface area contributed by atoms with Gasteiger partial charge in [0.15, 0.2) is 5.82 Å². The number of aromatic nitrogens is 4. The van der Waals surface area contributed by atoms with E-state index in [1.807, 2.05) is 13.8 Å².